The number of anilines is 2. The maximum absolute atomic E-state index is 13.4. The third-order valence-electron chi connectivity index (χ3n) is 3.00. The summed E-state index contributed by atoms with van der Waals surface area (Å²) in [6.07, 6.45) is 0. The molecule has 112 valence electrons. The van der Waals surface area contributed by atoms with Gasteiger partial charge in [0.05, 0.1) is 15.1 Å². The number of halogens is 2. The van der Waals surface area contributed by atoms with Gasteiger partial charge in [-0.2, -0.15) is 0 Å². The summed E-state index contributed by atoms with van der Waals surface area (Å²) in [5, 5.41) is 0. The van der Waals surface area contributed by atoms with Crippen LogP contribution in [0.4, 0.5) is 15.8 Å². The summed E-state index contributed by atoms with van der Waals surface area (Å²) in [6.45, 7) is 3.29. The van der Waals surface area contributed by atoms with Crippen LogP contribution in [0.5, 0.6) is 0 Å². The van der Waals surface area contributed by atoms with Gasteiger partial charge in [0, 0.05) is 5.69 Å². The smallest absolute Gasteiger partial charge is 0.262 e. The SMILES string of the molecule is Cc1cc(F)c(Br)cc1NS(=O)(=O)c1ccc(N)cc1C. The van der Waals surface area contributed by atoms with E-state index < -0.39 is 15.8 Å². The number of nitrogens with one attached hydrogen (secondary N) is 1. The summed E-state index contributed by atoms with van der Waals surface area (Å²) in [5.41, 5.74) is 7.47. The molecule has 0 heterocycles. The summed E-state index contributed by atoms with van der Waals surface area (Å²) >= 11 is 3.04. The van der Waals surface area contributed by atoms with Gasteiger partial charge < -0.3 is 5.73 Å². The zero-order valence-electron chi connectivity index (χ0n) is 11.4. The molecule has 0 aromatic heterocycles. The molecule has 0 bridgehead atoms. The molecule has 4 nitrogen and oxygen atoms in total. The molecule has 0 atom stereocenters. The van der Waals surface area contributed by atoms with Crippen molar-refractivity contribution < 1.29 is 12.8 Å². The van der Waals surface area contributed by atoms with E-state index in [0.717, 1.165) is 0 Å². The molecule has 0 amide bonds. The molecule has 2 aromatic rings. The van der Waals surface area contributed by atoms with E-state index in [4.69, 9.17) is 5.73 Å². The quantitative estimate of drug-likeness (QED) is 0.808. The molecule has 0 unspecified atom stereocenters. The summed E-state index contributed by atoms with van der Waals surface area (Å²) < 4.78 is 40.9. The molecule has 0 fully saturated rings. The van der Waals surface area contributed by atoms with Gasteiger partial charge in [-0.1, -0.05) is 0 Å². The number of rotatable bonds is 3. The van der Waals surface area contributed by atoms with Gasteiger partial charge in [-0.15, -0.1) is 0 Å². The van der Waals surface area contributed by atoms with E-state index >= 15 is 0 Å². The molecule has 0 aliphatic heterocycles. The summed E-state index contributed by atoms with van der Waals surface area (Å²) in [7, 11) is -3.76. The molecule has 0 saturated carbocycles. The van der Waals surface area contributed by atoms with Crippen molar-refractivity contribution in [1.82, 2.24) is 0 Å². The highest BCUT2D eigenvalue weighted by atomic mass is 79.9. The maximum atomic E-state index is 13.4. The lowest BCUT2D eigenvalue weighted by Crippen LogP contribution is -2.15. The maximum Gasteiger partial charge on any atom is 0.262 e. The first-order chi connectivity index (χ1) is 9.70. The molecule has 0 saturated heterocycles. The average molecular weight is 373 g/mol. The van der Waals surface area contributed by atoms with Crippen LogP contribution >= 0.6 is 15.9 Å². The van der Waals surface area contributed by atoms with Crippen LogP contribution in [-0.2, 0) is 10.0 Å². The van der Waals surface area contributed by atoms with Gasteiger partial charge in [0.15, 0.2) is 0 Å². The molecule has 21 heavy (non-hydrogen) atoms. The Bertz CT molecular complexity index is 807. The third kappa shape index (κ3) is 3.36. The Morgan fingerprint density at radius 1 is 1.14 bits per heavy atom. The van der Waals surface area contributed by atoms with Crippen molar-refractivity contribution in [1.29, 1.82) is 0 Å². The van der Waals surface area contributed by atoms with E-state index in [1.54, 1.807) is 19.9 Å². The fraction of sp³-hybridized carbons (Fsp3) is 0.143. The van der Waals surface area contributed by atoms with E-state index in [0.29, 0.717) is 22.5 Å². The second-order valence-electron chi connectivity index (χ2n) is 4.71. The summed E-state index contributed by atoms with van der Waals surface area (Å²) in [4.78, 5) is 0.136. The number of nitrogens with two attached hydrogens (primary N) is 1. The zero-order chi connectivity index (χ0) is 15.8. The predicted molar refractivity (Wildman–Crippen MR) is 85.2 cm³/mol. The van der Waals surface area contributed by atoms with E-state index in [2.05, 4.69) is 20.7 Å². The molecular formula is C14H14BrFN2O2S. The molecule has 0 aliphatic carbocycles. The fourth-order valence-corrected chi connectivity index (χ4v) is 3.62. The van der Waals surface area contributed by atoms with Crippen molar-refractivity contribution in [3.63, 3.8) is 0 Å². The van der Waals surface area contributed by atoms with Gasteiger partial charge in [0.1, 0.15) is 5.82 Å². The van der Waals surface area contributed by atoms with Gasteiger partial charge in [0.25, 0.3) is 10.0 Å². The first-order valence-corrected chi connectivity index (χ1v) is 8.33. The van der Waals surface area contributed by atoms with Crippen LogP contribution in [-0.4, -0.2) is 8.42 Å². The van der Waals surface area contributed by atoms with Crippen molar-refractivity contribution in [2.45, 2.75) is 18.7 Å². The molecule has 2 rings (SSSR count). The minimum Gasteiger partial charge on any atom is -0.399 e. The Morgan fingerprint density at radius 3 is 2.43 bits per heavy atom. The minimum absolute atomic E-state index is 0.136. The summed E-state index contributed by atoms with van der Waals surface area (Å²) in [5.74, 6) is -0.445. The average Bonchev–Trinajstić information content (AvgIpc) is 2.35. The van der Waals surface area contributed by atoms with Crippen LogP contribution in [0.15, 0.2) is 39.7 Å². The van der Waals surface area contributed by atoms with E-state index in [-0.39, 0.29) is 9.37 Å². The van der Waals surface area contributed by atoms with Gasteiger partial charge in [-0.25, -0.2) is 12.8 Å². The lowest BCUT2D eigenvalue weighted by molar-refractivity contribution is 0.600. The lowest BCUT2D eigenvalue weighted by Gasteiger charge is -2.13. The van der Waals surface area contributed by atoms with Crippen LogP contribution in [0.3, 0.4) is 0 Å². The third-order valence-corrected chi connectivity index (χ3v) is 5.13. The minimum atomic E-state index is -3.76. The molecule has 0 aliphatic rings. The summed E-state index contributed by atoms with van der Waals surface area (Å²) in [6, 6.07) is 7.21. The Morgan fingerprint density at radius 2 is 1.81 bits per heavy atom. The van der Waals surface area contributed by atoms with E-state index in [9.17, 15) is 12.8 Å². The van der Waals surface area contributed by atoms with Crippen molar-refractivity contribution in [3.05, 3.63) is 51.7 Å². The van der Waals surface area contributed by atoms with Gasteiger partial charge in [-0.3, -0.25) is 4.72 Å². The van der Waals surface area contributed by atoms with Crippen LogP contribution in [0.1, 0.15) is 11.1 Å². The van der Waals surface area contributed by atoms with Crippen LogP contribution in [0.25, 0.3) is 0 Å². The van der Waals surface area contributed by atoms with Gasteiger partial charge >= 0.3 is 0 Å². The number of hydrogen-bond acceptors (Lipinski definition) is 3. The number of benzene rings is 2. The highest BCUT2D eigenvalue weighted by Gasteiger charge is 2.18. The Labute approximate surface area is 131 Å². The molecular weight excluding hydrogens is 359 g/mol. The van der Waals surface area contributed by atoms with Gasteiger partial charge in [0.2, 0.25) is 0 Å². The van der Waals surface area contributed by atoms with Crippen LogP contribution in [0, 0.1) is 19.7 Å². The standard InChI is InChI=1S/C14H14BrFN2O2S/c1-8-6-12(16)11(15)7-13(8)18-21(19,20)14-4-3-10(17)5-9(14)2/h3-7,18H,17H2,1-2H3. The van der Waals surface area contributed by atoms with Crippen molar-refractivity contribution in [2.75, 3.05) is 10.5 Å². The van der Waals surface area contributed by atoms with Crippen LogP contribution in [0.2, 0.25) is 0 Å². The van der Waals surface area contributed by atoms with Crippen molar-refractivity contribution in [3.8, 4) is 0 Å². The molecule has 3 N–H and O–H groups in total. The first-order valence-electron chi connectivity index (χ1n) is 6.05. The van der Waals surface area contributed by atoms with Crippen LogP contribution < -0.4 is 10.5 Å². The molecule has 0 radical (unpaired) electrons. The molecule has 0 spiro atoms. The Hall–Kier alpha value is -1.60. The molecule has 2 aromatic carbocycles. The monoisotopic (exact) mass is 372 g/mol. The zero-order valence-corrected chi connectivity index (χ0v) is 13.8. The first kappa shape index (κ1) is 15.8. The highest BCUT2D eigenvalue weighted by Crippen LogP contribution is 2.27. The number of sulfonamides is 1. The normalized spacial score (nSPS) is 11.4. The lowest BCUT2D eigenvalue weighted by atomic mass is 10.2. The second kappa shape index (κ2) is 5.65. The fourth-order valence-electron chi connectivity index (χ4n) is 1.93. The number of hydrogen-bond donors (Lipinski definition) is 2. The van der Waals surface area contributed by atoms with Crippen molar-refractivity contribution in [2.24, 2.45) is 0 Å². The van der Waals surface area contributed by atoms with E-state index in [1.807, 2.05) is 0 Å². The Balaban J connectivity index is 2.45. The topological polar surface area (TPSA) is 72.2 Å². The predicted octanol–water partition coefficient (Wildman–Crippen LogP) is 3.59. The Kier molecular flexibility index (Phi) is 4.25. The number of aryl methyl sites for hydroxylation is 2. The number of nitrogen functional groups attached to an aromatic ring is 1. The largest absolute Gasteiger partial charge is 0.399 e. The second-order valence-corrected chi connectivity index (χ2v) is 7.22. The highest BCUT2D eigenvalue weighted by molar-refractivity contribution is 9.10. The molecule has 7 heteroatoms. The van der Waals surface area contributed by atoms with E-state index in [1.165, 1.54) is 24.3 Å². The van der Waals surface area contributed by atoms with Gasteiger partial charge in [-0.05, 0) is 71.2 Å². The van der Waals surface area contributed by atoms with Crippen molar-refractivity contribution >= 4 is 37.3 Å².